The maximum atomic E-state index is 6.34. The van der Waals surface area contributed by atoms with Gasteiger partial charge < -0.3 is 15.2 Å². The van der Waals surface area contributed by atoms with Gasteiger partial charge >= 0.3 is 0 Å². The minimum absolute atomic E-state index is 0.000556. The molecule has 2 N–H and O–H groups in total. The van der Waals surface area contributed by atoms with E-state index in [1.54, 1.807) is 0 Å². The number of ether oxygens (including phenoxy) is 2. The van der Waals surface area contributed by atoms with Crippen molar-refractivity contribution >= 4 is 0 Å². The molecule has 3 nitrogen and oxygen atoms in total. The Morgan fingerprint density at radius 2 is 1.50 bits per heavy atom. The summed E-state index contributed by atoms with van der Waals surface area (Å²) < 4.78 is 11.4. The Kier molecular flexibility index (Phi) is 2.58. The van der Waals surface area contributed by atoms with Crippen LogP contribution in [0.25, 0.3) is 0 Å². The monoisotopic (exact) mass is 199 g/mol. The summed E-state index contributed by atoms with van der Waals surface area (Å²) >= 11 is 0. The molecule has 0 atom stereocenters. The topological polar surface area (TPSA) is 44.5 Å². The van der Waals surface area contributed by atoms with Gasteiger partial charge in [0.05, 0.1) is 13.2 Å². The predicted octanol–water partition coefficient (Wildman–Crippen LogP) is 1.66. The fourth-order valence-electron chi connectivity index (χ4n) is 2.46. The van der Waals surface area contributed by atoms with Gasteiger partial charge in [0, 0.05) is 18.4 Å². The molecule has 3 heteroatoms. The molecule has 2 rings (SSSR count). The van der Waals surface area contributed by atoms with E-state index in [1.165, 1.54) is 0 Å². The Balaban J connectivity index is 1.97. The molecule has 1 saturated heterocycles. The van der Waals surface area contributed by atoms with E-state index in [-0.39, 0.29) is 11.3 Å². The standard InChI is InChI=1S/C11H21NO2/c1-9(2)10(12)3-5-11(6-4-10)13-7-8-14-11/h9H,3-8,12H2,1-2H3. The highest BCUT2D eigenvalue weighted by atomic mass is 16.7. The Hall–Kier alpha value is -0.120. The Morgan fingerprint density at radius 1 is 1.00 bits per heavy atom. The average Bonchev–Trinajstić information content (AvgIpc) is 2.60. The Labute approximate surface area is 85.9 Å². The normalized spacial score (nSPS) is 30.0. The van der Waals surface area contributed by atoms with Crippen LogP contribution in [0.4, 0.5) is 0 Å². The summed E-state index contributed by atoms with van der Waals surface area (Å²) in [6, 6.07) is 0. The quantitative estimate of drug-likeness (QED) is 0.698. The zero-order valence-electron chi connectivity index (χ0n) is 9.21. The third-order valence-corrected chi connectivity index (χ3v) is 3.91. The first-order valence-electron chi connectivity index (χ1n) is 5.63. The average molecular weight is 199 g/mol. The van der Waals surface area contributed by atoms with Crippen LogP contribution in [0, 0.1) is 5.92 Å². The second-order valence-corrected chi connectivity index (χ2v) is 5.00. The lowest BCUT2D eigenvalue weighted by Crippen LogP contribution is -2.52. The molecule has 1 saturated carbocycles. The molecule has 2 fully saturated rings. The smallest absolute Gasteiger partial charge is 0.168 e. The summed E-state index contributed by atoms with van der Waals surface area (Å²) in [4.78, 5) is 0. The van der Waals surface area contributed by atoms with Crippen molar-refractivity contribution in [1.29, 1.82) is 0 Å². The van der Waals surface area contributed by atoms with E-state index in [2.05, 4.69) is 13.8 Å². The lowest BCUT2D eigenvalue weighted by molar-refractivity contribution is -0.186. The molecule has 0 radical (unpaired) electrons. The predicted molar refractivity (Wildman–Crippen MR) is 54.9 cm³/mol. The molecular weight excluding hydrogens is 178 g/mol. The van der Waals surface area contributed by atoms with Gasteiger partial charge in [0.25, 0.3) is 0 Å². The molecule has 14 heavy (non-hydrogen) atoms. The van der Waals surface area contributed by atoms with Crippen LogP contribution in [-0.4, -0.2) is 24.5 Å². The summed E-state index contributed by atoms with van der Waals surface area (Å²) in [6.45, 7) is 5.90. The highest BCUT2D eigenvalue weighted by Crippen LogP contribution is 2.41. The molecule has 0 unspecified atom stereocenters. The molecule has 1 spiro atoms. The van der Waals surface area contributed by atoms with Gasteiger partial charge in [-0.05, 0) is 18.8 Å². The van der Waals surface area contributed by atoms with Crippen molar-refractivity contribution < 1.29 is 9.47 Å². The van der Waals surface area contributed by atoms with Crippen LogP contribution in [0.3, 0.4) is 0 Å². The highest BCUT2D eigenvalue weighted by molar-refractivity contribution is 4.96. The molecular formula is C11H21NO2. The second kappa shape index (κ2) is 3.47. The molecule has 0 aromatic carbocycles. The summed E-state index contributed by atoms with van der Waals surface area (Å²) in [7, 11) is 0. The SMILES string of the molecule is CC(C)C1(N)CCC2(CC1)OCCO2. The molecule has 0 bridgehead atoms. The molecule has 0 aromatic rings. The van der Waals surface area contributed by atoms with Gasteiger partial charge in [0.15, 0.2) is 5.79 Å². The van der Waals surface area contributed by atoms with Crippen LogP contribution in [0.1, 0.15) is 39.5 Å². The van der Waals surface area contributed by atoms with E-state index in [0.717, 1.165) is 38.9 Å². The van der Waals surface area contributed by atoms with Crippen LogP contribution in [0.5, 0.6) is 0 Å². The van der Waals surface area contributed by atoms with Gasteiger partial charge in [-0.1, -0.05) is 13.8 Å². The Morgan fingerprint density at radius 3 is 1.93 bits per heavy atom. The maximum Gasteiger partial charge on any atom is 0.168 e. The molecule has 1 heterocycles. The van der Waals surface area contributed by atoms with Gasteiger partial charge in [0.1, 0.15) is 0 Å². The summed E-state index contributed by atoms with van der Waals surface area (Å²) in [5.41, 5.74) is 6.34. The van der Waals surface area contributed by atoms with E-state index in [9.17, 15) is 0 Å². The van der Waals surface area contributed by atoms with E-state index in [1.807, 2.05) is 0 Å². The van der Waals surface area contributed by atoms with E-state index in [4.69, 9.17) is 15.2 Å². The summed E-state index contributed by atoms with van der Waals surface area (Å²) in [5, 5.41) is 0. The third-order valence-electron chi connectivity index (χ3n) is 3.91. The van der Waals surface area contributed by atoms with Gasteiger partial charge in [-0.15, -0.1) is 0 Å². The molecule has 0 amide bonds. The van der Waals surface area contributed by atoms with Crippen LogP contribution < -0.4 is 5.73 Å². The van der Waals surface area contributed by atoms with Gasteiger partial charge in [-0.3, -0.25) is 0 Å². The lowest BCUT2D eigenvalue weighted by Gasteiger charge is -2.43. The number of hydrogen-bond donors (Lipinski definition) is 1. The zero-order valence-corrected chi connectivity index (χ0v) is 9.21. The molecule has 1 aliphatic carbocycles. The molecule has 2 aliphatic rings. The van der Waals surface area contributed by atoms with Gasteiger partial charge in [-0.25, -0.2) is 0 Å². The van der Waals surface area contributed by atoms with Crippen LogP contribution in [-0.2, 0) is 9.47 Å². The minimum Gasteiger partial charge on any atom is -0.348 e. The van der Waals surface area contributed by atoms with Crippen molar-refractivity contribution in [2.24, 2.45) is 11.7 Å². The van der Waals surface area contributed by atoms with Crippen molar-refractivity contribution in [2.75, 3.05) is 13.2 Å². The molecule has 82 valence electrons. The summed E-state index contributed by atoms with van der Waals surface area (Å²) in [5.74, 6) is 0.277. The molecule has 0 aromatic heterocycles. The maximum absolute atomic E-state index is 6.34. The van der Waals surface area contributed by atoms with Crippen molar-refractivity contribution in [3.63, 3.8) is 0 Å². The number of rotatable bonds is 1. The van der Waals surface area contributed by atoms with Gasteiger partial charge in [-0.2, -0.15) is 0 Å². The minimum atomic E-state index is -0.266. The first kappa shape index (κ1) is 10.4. The lowest BCUT2D eigenvalue weighted by atomic mass is 9.73. The second-order valence-electron chi connectivity index (χ2n) is 5.00. The largest absolute Gasteiger partial charge is 0.348 e. The van der Waals surface area contributed by atoms with Crippen LogP contribution >= 0.6 is 0 Å². The third kappa shape index (κ3) is 1.69. The van der Waals surface area contributed by atoms with Crippen LogP contribution in [0.15, 0.2) is 0 Å². The fourth-order valence-corrected chi connectivity index (χ4v) is 2.46. The fraction of sp³-hybridized carbons (Fsp3) is 1.00. The van der Waals surface area contributed by atoms with Crippen molar-refractivity contribution in [3.8, 4) is 0 Å². The van der Waals surface area contributed by atoms with Crippen molar-refractivity contribution in [1.82, 2.24) is 0 Å². The van der Waals surface area contributed by atoms with Crippen molar-refractivity contribution in [3.05, 3.63) is 0 Å². The number of nitrogens with two attached hydrogens (primary N) is 1. The van der Waals surface area contributed by atoms with E-state index >= 15 is 0 Å². The number of hydrogen-bond acceptors (Lipinski definition) is 3. The highest BCUT2D eigenvalue weighted by Gasteiger charge is 2.45. The first-order valence-corrected chi connectivity index (χ1v) is 5.63. The zero-order chi connectivity index (χ0) is 10.2. The van der Waals surface area contributed by atoms with Gasteiger partial charge in [0.2, 0.25) is 0 Å². The van der Waals surface area contributed by atoms with Crippen LogP contribution in [0.2, 0.25) is 0 Å². The summed E-state index contributed by atoms with van der Waals surface area (Å²) in [6.07, 6.45) is 3.96. The van der Waals surface area contributed by atoms with Crippen molar-refractivity contribution in [2.45, 2.75) is 50.9 Å². The van der Waals surface area contributed by atoms with E-state index in [0.29, 0.717) is 5.92 Å². The molecule has 1 aliphatic heterocycles. The Bertz CT molecular complexity index is 193. The van der Waals surface area contributed by atoms with E-state index < -0.39 is 0 Å². The first-order chi connectivity index (χ1) is 6.56.